The zero-order valence-electron chi connectivity index (χ0n) is 15.3. The van der Waals surface area contributed by atoms with Crippen molar-refractivity contribution in [1.29, 1.82) is 0 Å². The van der Waals surface area contributed by atoms with Gasteiger partial charge in [0.15, 0.2) is 0 Å². The summed E-state index contributed by atoms with van der Waals surface area (Å²) < 4.78 is 8.72. The smallest absolute Gasteiger partial charge is 0.253 e. The highest BCUT2D eigenvalue weighted by Gasteiger charge is 2.15. The van der Waals surface area contributed by atoms with Crippen LogP contribution in [0.2, 0.25) is 0 Å². The maximum absolute atomic E-state index is 12.7. The summed E-state index contributed by atoms with van der Waals surface area (Å²) in [5, 5.41) is 11.8. The first-order valence-electron chi connectivity index (χ1n) is 8.51. The summed E-state index contributed by atoms with van der Waals surface area (Å²) in [7, 11) is 1.67. The van der Waals surface area contributed by atoms with Gasteiger partial charge in [-0.2, -0.15) is 10.2 Å². The first kappa shape index (κ1) is 17.9. The second-order valence-electron chi connectivity index (χ2n) is 6.02. The van der Waals surface area contributed by atoms with Gasteiger partial charge in [-0.15, -0.1) is 0 Å². The molecule has 0 fully saturated rings. The number of nitrogens with one attached hydrogen (secondary N) is 1. The molecule has 0 unspecified atom stereocenters. The monoisotopic (exact) mass is 353 g/mol. The van der Waals surface area contributed by atoms with E-state index >= 15 is 0 Å². The summed E-state index contributed by atoms with van der Waals surface area (Å²) in [5.74, 6) is -0.139. The highest BCUT2D eigenvalue weighted by molar-refractivity contribution is 5.97. The average Bonchev–Trinajstić information content (AvgIpc) is 3.27. The summed E-state index contributed by atoms with van der Waals surface area (Å²) in [6.45, 7) is 5.69. The Bertz CT molecular complexity index is 883. The maximum Gasteiger partial charge on any atom is 0.253 e. The Labute approximate surface area is 152 Å². The number of nitrogens with zero attached hydrogens (tertiary/aromatic N) is 4. The highest BCUT2D eigenvalue weighted by Crippen LogP contribution is 2.16. The molecule has 136 valence electrons. The number of rotatable bonds is 7. The average molecular weight is 353 g/mol. The summed E-state index contributed by atoms with van der Waals surface area (Å²) >= 11 is 0. The molecule has 2 heterocycles. The molecule has 0 atom stereocenters. The normalized spacial score (nSPS) is 10.9. The van der Waals surface area contributed by atoms with Crippen molar-refractivity contribution in [3.8, 4) is 5.69 Å². The fraction of sp³-hybridized carbons (Fsp3) is 0.316. The summed E-state index contributed by atoms with van der Waals surface area (Å²) in [6.07, 6.45) is 3.51. The molecule has 0 aliphatic heterocycles. The second-order valence-corrected chi connectivity index (χ2v) is 6.02. The van der Waals surface area contributed by atoms with Crippen LogP contribution >= 0.6 is 0 Å². The number of methoxy groups -OCH3 is 1. The molecule has 3 rings (SSSR count). The predicted molar refractivity (Wildman–Crippen MR) is 98.3 cm³/mol. The third-order valence-corrected chi connectivity index (χ3v) is 4.36. The van der Waals surface area contributed by atoms with Crippen molar-refractivity contribution >= 4 is 5.91 Å². The van der Waals surface area contributed by atoms with Crippen LogP contribution in [0.25, 0.3) is 5.69 Å². The largest absolute Gasteiger partial charge is 0.383 e. The standard InChI is InChI=1S/C19H23N5O2/c1-14-17(15(2)23(22-14)11-12-26-3)13-20-19(25)16-7-4-5-8-18(16)24-10-6-9-21-24/h4-10H,11-13H2,1-3H3,(H,20,25). The highest BCUT2D eigenvalue weighted by atomic mass is 16.5. The molecule has 0 bridgehead atoms. The van der Waals surface area contributed by atoms with Gasteiger partial charge in [-0.1, -0.05) is 12.1 Å². The van der Waals surface area contributed by atoms with Gasteiger partial charge in [-0.25, -0.2) is 4.68 Å². The topological polar surface area (TPSA) is 74.0 Å². The lowest BCUT2D eigenvalue weighted by Gasteiger charge is -2.11. The Morgan fingerprint density at radius 1 is 1.23 bits per heavy atom. The summed E-state index contributed by atoms with van der Waals surface area (Å²) in [5.41, 5.74) is 4.32. The van der Waals surface area contributed by atoms with Gasteiger partial charge in [0, 0.05) is 37.3 Å². The number of aryl methyl sites for hydroxylation is 1. The van der Waals surface area contributed by atoms with E-state index in [1.165, 1.54) is 0 Å². The quantitative estimate of drug-likeness (QED) is 0.707. The molecule has 26 heavy (non-hydrogen) atoms. The van der Waals surface area contributed by atoms with E-state index in [4.69, 9.17) is 4.74 Å². The van der Waals surface area contributed by atoms with Crippen LogP contribution in [0.3, 0.4) is 0 Å². The van der Waals surface area contributed by atoms with E-state index < -0.39 is 0 Å². The zero-order valence-corrected chi connectivity index (χ0v) is 15.3. The maximum atomic E-state index is 12.7. The van der Waals surface area contributed by atoms with E-state index in [0.29, 0.717) is 25.3 Å². The van der Waals surface area contributed by atoms with Gasteiger partial charge in [0.1, 0.15) is 0 Å². The molecule has 1 amide bonds. The third kappa shape index (κ3) is 3.67. The minimum Gasteiger partial charge on any atom is -0.383 e. The van der Waals surface area contributed by atoms with Crippen LogP contribution in [0, 0.1) is 13.8 Å². The van der Waals surface area contributed by atoms with Crippen LogP contribution in [0.15, 0.2) is 42.7 Å². The molecule has 2 aromatic heterocycles. The van der Waals surface area contributed by atoms with Crippen molar-refractivity contribution in [2.24, 2.45) is 0 Å². The van der Waals surface area contributed by atoms with E-state index in [-0.39, 0.29) is 5.91 Å². The molecule has 0 saturated carbocycles. The number of hydrogen-bond donors (Lipinski definition) is 1. The molecular weight excluding hydrogens is 330 g/mol. The lowest BCUT2D eigenvalue weighted by atomic mass is 10.1. The Kier molecular flexibility index (Phi) is 5.48. The van der Waals surface area contributed by atoms with Gasteiger partial charge < -0.3 is 10.1 Å². The summed E-state index contributed by atoms with van der Waals surface area (Å²) in [4.78, 5) is 12.7. The minimum atomic E-state index is -0.139. The first-order valence-corrected chi connectivity index (χ1v) is 8.51. The van der Waals surface area contributed by atoms with Gasteiger partial charge in [0.25, 0.3) is 5.91 Å². The van der Waals surface area contributed by atoms with E-state index in [1.807, 2.05) is 49.0 Å². The SMILES string of the molecule is COCCn1nc(C)c(CNC(=O)c2ccccc2-n2cccn2)c1C. The number of benzene rings is 1. The molecule has 7 heteroatoms. The van der Waals surface area contributed by atoms with Crippen molar-refractivity contribution in [2.45, 2.75) is 26.9 Å². The molecule has 3 aromatic rings. The number of aromatic nitrogens is 4. The first-order chi connectivity index (χ1) is 12.6. The minimum absolute atomic E-state index is 0.139. The Hall–Kier alpha value is -2.93. The molecule has 1 aromatic carbocycles. The Morgan fingerprint density at radius 2 is 2.04 bits per heavy atom. The van der Waals surface area contributed by atoms with Crippen LogP contribution in [0.4, 0.5) is 0 Å². The lowest BCUT2D eigenvalue weighted by molar-refractivity contribution is 0.0950. The number of amides is 1. The molecule has 0 radical (unpaired) electrons. The molecule has 0 aliphatic rings. The van der Waals surface area contributed by atoms with Crippen molar-refractivity contribution in [2.75, 3.05) is 13.7 Å². The fourth-order valence-electron chi connectivity index (χ4n) is 2.93. The molecule has 7 nitrogen and oxygen atoms in total. The van der Waals surface area contributed by atoms with Gasteiger partial charge in [-0.05, 0) is 32.0 Å². The van der Waals surface area contributed by atoms with Crippen LogP contribution in [0.1, 0.15) is 27.3 Å². The number of para-hydroxylation sites is 1. The van der Waals surface area contributed by atoms with E-state index in [0.717, 1.165) is 22.6 Å². The molecule has 1 N–H and O–H groups in total. The second kappa shape index (κ2) is 7.97. The Balaban J connectivity index is 1.76. The lowest BCUT2D eigenvalue weighted by Crippen LogP contribution is -2.25. The van der Waals surface area contributed by atoms with E-state index in [2.05, 4.69) is 15.5 Å². The van der Waals surface area contributed by atoms with Crippen molar-refractivity contribution in [3.05, 3.63) is 65.2 Å². The number of carbonyl (C=O) groups is 1. The van der Waals surface area contributed by atoms with Gasteiger partial charge >= 0.3 is 0 Å². The van der Waals surface area contributed by atoms with E-state index in [9.17, 15) is 4.79 Å². The van der Waals surface area contributed by atoms with Crippen molar-refractivity contribution in [3.63, 3.8) is 0 Å². The molecular formula is C19H23N5O2. The van der Waals surface area contributed by atoms with Crippen molar-refractivity contribution in [1.82, 2.24) is 24.9 Å². The van der Waals surface area contributed by atoms with Crippen LogP contribution in [0.5, 0.6) is 0 Å². The molecule has 0 saturated heterocycles. The zero-order chi connectivity index (χ0) is 18.5. The summed E-state index contributed by atoms with van der Waals surface area (Å²) in [6, 6.07) is 9.24. The van der Waals surface area contributed by atoms with Crippen LogP contribution < -0.4 is 5.32 Å². The Morgan fingerprint density at radius 3 is 2.77 bits per heavy atom. The number of carbonyl (C=O) groups excluding carboxylic acids is 1. The van der Waals surface area contributed by atoms with Gasteiger partial charge in [0.05, 0.1) is 30.1 Å². The molecule has 0 spiro atoms. The number of ether oxygens (including phenoxy) is 1. The van der Waals surface area contributed by atoms with Crippen LogP contribution in [-0.2, 0) is 17.8 Å². The number of hydrogen-bond acceptors (Lipinski definition) is 4. The predicted octanol–water partition coefficient (Wildman–Crippen LogP) is 2.26. The third-order valence-electron chi connectivity index (χ3n) is 4.36. The van der Waals surface area contributed by atoms with Crippen LogP contribution in [-0.4, -0.2) is 39.2 Å². The van der Waals surface area contributed by atoms with Crippen molar-refractivity contribution < 1.29 is 9.53 Å². The van der Waals surface area contributed by atoms with E-state index in [1.54, 1.807) is 24.1 Å². The fourth-order valence-corrected chi connectivity index (χ4v) is 2.93. The van der Waals surface area contributed by atoms with Gasteiger partial charge in [-0.3, -0.25) is 9.48 Å². The molecule has 0 aliphatic carbocycles. The van der Waals surface area contributed by atoms with Gasteiger partial charge in [0.2, 0.25) is 0 Å².